The normalized spacial score (nSPS) is 14.5. The first-order valence-electron chi connectivity index (χ1n) is 10.4. The Morgan fingerprint density at radius 2 is 2.18 bits per heavy atom. The number of aromatic nitrogens is 3. The summed E-state index contributed by atoms with van der Waals surface area (Å²) in [5, 5.41) is 0.555. The fourth-order valence-corrected chi connectivity index (χ4v) is 4.83. The largest absolute Gasteiger partial charge is 0.420 e. The zero-order valence-corrected chi connectivity index (χ0v) is 19.4. The van der Waals surface area contributed by atoms with Gasteiger partial charge in [0.2, 0.25) is 5.13 Å². The molecule has 33 heavy (non-hydrogen) atoms. The van der Waals surface area contributed by atoms with Gasteiger partial charge in [0.1, 0.15) is 12.1 Å². The quantitative estimate of drug-likeness (QED) is 0.324. The van der Waals surface area contributed by atoms with Crippen LogP contribution in [-0.4, -0.2) is 38.5 Å². The van der Waals surface area contributed by atoms with Crippen LogP contribution in [0.4, 0.5) is 9.52 Å². The van der Waals surface area contributed by atoms with E-state index in [1.807, 2.05) is 31.2 Å². The maximum Gasteiger partial charge on any atom is 0.420 e. The van der Waals surface area contributed by atoms with Gasteiger partial charge >= 0.3 is 5.76 Å². The Bertz CT molecular complexity index is 1400. The van der Waals surface area contributed by atoms with Gasteiger partial charge in [-0.3, -0.25) is 9.47 Å². The van der Waals surface area contributed by atoms with Crippen LogP contribution in [-0.2, 0) is 0 Å². The van der Waals surface area contributed by atoms with E-state index in [-0.39, 0.29) is 6.04 Å². The molecule has 1 saturated heterocycles. The second-order valence-electron chi connectivity index (χ2n) is 7.63. The summed E-state index contributed by atoms with van der Waals surface area (Å²) in [7, 11) is 0. The molecule has 2 aromatic heterocycles. The molecule has 3 heterocycles. The summed E-state index contributed by atoms with van der Waals surface area (Å²) in [6.45, 7) is 4.80. The van der Waals surface area contributed by atoms with Gasteiger partial charge < -0.3 is 9.14 Å². The van der Waals surface area contributed by atoms with Crippen LogP contribution in [0.2, 0.25) is 0 Å². The fourth-order valence-electron chi connectivity index (χ4n) is 3.70. The minimum absolute atomic E-state index is 0.295. The van der Waals surface area contributed by atoms with Crippen molar-refractivity contribution in [2.75, 3.05) is 24.4 Å². The minimum Gasteiger partial charge on any atom is -0.408 e. The highest BCUT2D eigenvalue weighted by atomic mass is 32.2. The number of hydrogen-bond acceptors (Lipinski definition) is 8. The van der Waals surface area contributed by atoms with E-state index in [2.05, 4.69) is 30.8 Å². The molecule has 4 aromatic rings. The van der Waals surface area contributed by atoms with Gasteiger partial charge in [0, 0.05) is 42.3 Å². The summed E-state index contributed by atoms with van der Waals surface area (Å²) >= 11 is 2.22. The third-order valence-electron chi connectivity index (χ3n) is 5.55. The van der Waals surface area contributed by atoms with Crippen LogP contribution in [0.5, 0.6) is 0 Å². The molecule has 0 unspecified atom stereocenters. The summed E-state index contributed by atoms with van der Waals surface area (Å²) in [6.07, 6.45) is 2.64. The number of halogens is 1. The molecule has 0 bridgehead atoms. The molecule has 0 amide bonds. The Morgan fingerprint density at radius 3 is 2.94 bits per heavy atom. The van der Waals surface area contributed by atoms with Crippen LogP contribution in [0.3, 0.4) is 0 Å². The van der Waals surface area contributed by atoms with Crippen molar-refractivity contribution < 1.29 is 8.81 Å². The summed E-state index contributed by atoms with van der Waals surface area (Å²) in [5.41, 5.74) is 2.45. The second kappa shape index (κ2) is 9.39. The van der Waals surface area contributed by atoms with Crippen LogP contribution in [0.25, 0.3) is 11.1 Å². The molecular weight excluding hydrogens is 461 g/mol. The van der Waals surface area contributed by atoms with Crippen molar-refractivity contribution in [1.29, 1.82) is 0 Å². The first-order chi connectivity index (χ1) is 16.1. The molecule has 168 valence electrons. The van der Waals surface area contributed by atoms with Gasteiger partial charge in [0.05, 0.1) is 23.0 Å². The van der Waals surface area contributed by atoms with Crippen LogP contribution >= 0.6 is 23.5 Å². The van der Waals surface area contributed by atoms with Gasteiger partial charge in [-0.1, -0.05) is 30.0 Å². The van der Waals surface area contributed by atoms with E-state index in [0.29, 0.717) is 21.1 Å². The Labute approximate surface area is 197 Å². The lowest BCUT2D eigenvalue weighted by molar-refractivity contribution is 0.207. The van der Waals surface area contributed by atoms with E-state index < -0.39 is 11.6 Å². The van der Waals surface area contributed by atoms with Crippen molar-refractivity contribution in [1.82, 2.24) is 18.8 Å². The predicted octanol–water partition coefficient (Wildman–Crippen LogP) is 4.37. The van der Waals surface area contributed by atoms with Gasteiger partial charge in [-0.2, -0.15) is 4.37 Å². The number of rotatable bonds is 6. The molecule has 0 radical (unpaired) electrons. The molecule has 1 N–H and O–H groups in total. The number of fused-ring (bicyclic) bond motifs is 1. The van der Waals surface area contributed by atoms with Gasteiger partial charge in [-0.05, 0) is 36.9 Å². The lowest BCUT2D eigenvalue weighted by Crippen LogP contribution is -2.37. The van der Waals surface area contributed by atoms with E-state index in [1.165, 1.54) is 41.0 Å². The molecule has 7 nitrogen and oxygen atoms in total. The molecule has 1 fully saturated rings. The van der Waals surface area contributed by atoms with Crippen molar-refractivity contribution >= 4 is 39.7 Å². The first kappa shape index (κ1) is 21.7. The Morgan fingerprint density at radius 1 is 1.33 bits per heavy atom. The first-order valence-corrected chi connectivity index (χ1v) is 12.0. The number of oxazole rings is 1. The maximum atomic E-state index is 14.9. The fraction of sp³-hybridized carbons (Fsp3) is 0.261. The smallest absolute Gasteiger partial charge is 0.408 e. The average Bonchev–Trinajstić information content (AvgIpc) is 3.40. The standard InChI is InChI=1S/C23H20FN5O2S2/c1-15(17-8-3-2-6-16(17)7-4-9-28-10-5-11-28)29-19-12-18(24)21(13-20(19)31-23(29)30)32-27-22-25-14-26-33-22/h2-3,6,8,12-15H,5,9-11H2,1H3,(H,25,26,27)/t15-/m1/s1. The number of benzene rings is 2. The Kier molecular flexibility index (Phi) is 6.17. The molecule has 0 saturated carbocycles. The van der Waals surface area contributed by atoms with Gasteiger partial charge in [0.15, 0.2) is 5.58 Å². The summed E-state index contributed by atoms with van der Waals surface area (Å²) < 4.78 is 28.7. The third-order valence-corrected chi connectivity index (χ3v) is 7.09. The van der Waals surface area contributed by atoms with E-state index in [0.717, 1.165) is 42.7 Å². The van der Waals surface area contributed by atoms with Crippen molar-refractivity contribution in [2.45, 2.75) is 24.3 Å². The minimum atomic E-state index is -0.542. The molecule has 5 rings (SSSR count). The van der Waals surface area contributed by atoms with Crippen molar-refractivity contribution in [2.24, 2.45) is 0 Å². The topological polar surface area (TPSA) is 76.2 Å². The molecule has 1 aliphatic heterocycles. The van der Waals surface area contributed by atoms with E-state index >= 15 is 0 Å². The van der Waals surface area contributed by atoms with E-state index in [4.69, 9.17) is 4.42 Å². The van der Waals surface area contributed by atoms with Gasteiger partial charge in [0.25, 0.3) is 0 Å². The van der Waals surface area contributed by atoms with Gasteiger partial charge in [-0.25, -0.2) is 14.2 Å². The summed E-state index contributed by atoms with van der Waals surface area (Å²) in [6, 6.07) is 10.2. The molecule has 0 aliphatic carbocycles. The predicted molar refractivity (Wildman–Crippen MR) is 128 cm³/mol. The van der Waals surface area contributed by atoms with Crippen LogP contribution in [0, 0.1) is 17.7 Å². The van der Waals surface area contributed by atoms with Crippen molar-refractivity contribution in [3.63, 3.8) is 0 Å². The average molecular weight is 482 g/mol. The third kappa shape index (κ3) is 4.53. The lowest BCUT2D eigenvalue weighted by atomic mass is 10.0. The summed E-state index contributed by atoms with van der Waals surface area (Å²) in [4.78, 5) is 19.4. The Balaban J connectivity index is 1.45. The van der Waals surface area contributed by atoms with E-state index in [1.54, 1.807) is 0 Å². The van der Waals surface area contributed by atoms with Gasteiger partial charge in [-0.15, -0.1) is 0 Å². The zero-order chi connectivity index (χ0) is 22.8. The molecule has 0 spiro atoms. The Hall–Kier alpha value is -3.13. The molecule has 2 aromatic carbocycles. The van der Waals surface area contributed by atoms with E-state index in [9.17, 15) is 9.18 Å². The lowest BCUT2D eigenvalue weighted by Gasteiger charge is -2.28. The van der Waals surface area contributed by atoms with Crippen LogP contribution in [0.15, 0.2) is 56.8 Å². The monoisotopic (exact) mass is 481 g/mol. The number of anilines is 1. The molecule has 1 atom stereocenters. The summed E-state index contributed by atoms with van der Waals surface area (Å²) in [5.74, 6) is 5.46. The van der Waals surface area contributed by atoms with Crippen LogP contribution < -0.4 is 10.5 Å². The highest BCUT2D eigenvalue weighted by Gasteiger charge is 2.21. The van der Waals surface area contributed by atoms with Crippen molar-refractivity contribution in [3.8, 4) is 11.8 Å². The molecule has 1 aliphatic rings. The highest BCUT2D eigenvalue weighted by molar-refractivity contribution is 8.00. The zero-order valence-electron chi connectivity index (χ0n) is 17.7. The highest BCUT2D eigenvalue weighted by Crippen LogP contribution is 2.30. The number of likely N-dealkylation sites (tertiary alicyclic amines) is 1. The maximum absolute atomic E-state index is 14.9. The molecular formula is C23H20FN5O2S2. The number of nitrogens with zero attached hydrogens (tertiary/aromatic N) is 4. The second-order valence-corrected chi connectivity index (χ2v) is 9.26. The number of nitrogens with one attached hydrogen (secondary N) is 1. The molecule has 10 heteroatoms. The van der Waals surface area contributed by atoms with Crippen LogP contribution in [0.1, 0.15) is 30.5 Å². The SMILES string of the molecule is C[C@H](c1ccccc1C#CCN1CCC1)n1c(=O)oc2cc(SNc3ncns3)c(F)cc21. The van der Waals surface area contributed by atoms with Crippen molar-refractivity contribution in [3.05, 3.63) is 70.2 Å². The number of hydrogen-bond donors (Lipinski definition) is 1.